The third-order valence-corrected chi connectivity index (χ3v) is 3.28. The number of carbonyl (C=O) groups excluding carboxylic acids is 1. The van der Waals surface area contributed by atoms with Crippen LogP contribution in [0.25, 0.3) is 0 Å². The number of anilines is 2. The summed E-state index contributed by atoms with van der Waals surface area (Å²) in [6.45, 7) is 2.12. The van der Waals surface area contributed by atoms with Gasteiger partial charge in [0.2, 0.25) is 0 Å². The molecular weight excluding hydrogens is 242 g/mol. The SMILES string of the molecule is COCCNC(=O)Nc1ccc2c(c1)CCCN2C. The lowest BCUT2D eigenvalue weighted by Gasteiger charge is -2.27. The van der Waals surface area contributed by atoms with Gasteiger partial charge in [0, 0.05) is 38.6 Å². The van der Waals surface area contributed by atoms with Crippen molar-refractivity contribution in [2.24, 2.45) is 0 Å². The highest BCUT2D eigenvalue weighted by Crippen LogP contribution is 2.28. The standard InChI is InChI=1S/C14H21N3O2/c1-17-8-3-4-11-10-12(5-6-13(11)17)16-14(18)15-7-9-19-2/h5-6,10H,3-4,7-9H2,1-2H3,(H2,15,16,18). The van der Waals surface area contributed by atoms with E-state index < -0.39 is 0 Å². The maximum absolute atomic E-state index is 11.6. The number of urea groups is 1. The van der Waals surface area contributed by atoms with E-state index in [0.29, 0.717) is 13.2 Å². The van der Waals surface area contributed by atoms with Gasteiger partial charge in [-0.3, -0.25) is 0 Å². The minimum Gasteiger partial charge on any atom is -0.383 e. The van der Waals surface area contributed by atoms with Crippen molar-refractivity contribution >= 4 is 17.4 Å². The van der Waals surface area contributed by atoms with Crippen LogP contribution in [-0.4, -0.2) is 39.9 Å². The molecule has 1 aliphatic rings. The summed E-state index contributed by atoms with van der Waals surface area (Å²) in [7, 11) is 3.71. The van der Waals surface area contributed by atoms with Crippen LogP contribution in [0.2, 0.25) is 0 Å². The molecule has 0 bridgehead atoms. The highest BCUT2D eigenvalue weighted by Gasteiger charge is 2.14. The third-order valence-electron chi connectivity index (χ3n) is 3.28. The van der Waals surface area contributed by atoms with Crippen molar-refractivity contribution in [1.29, 1.82) is 0 Å². The largest absolute Gasteiger partial charge is 0.383 e. The molecule has 0 spiro atoms. The quantitative estimate of drug-likeness (QED) is 0.815. The zero-order valence-electron chi connectivity index (χ0n) is 11.5. The fourth-order valence-electron chi connectivity index (χ4n) is 2.30. The summed E-state index contributed by atoms with van der Waals surface area (Å²) in [6, 6.07) is 5.87. The molecule has 5 nitrogen and oxygen atoms in total. The molecule has 0 aromatic heterocycles. The summed E-state index contributed by atoms with van der Waals surface area (Å²) in [4.78, 5) is 13.9. The van der Waals surface area contributed by atoms with Crippen molar-refractivity contribution < 1.29 is 9.53 Å². The molecule has 2 N–H and O–H groups in total. The van der Waals surface area contributed by atoms with Gasteiger partial charge in [-0.25, -0.2) is 4.79 Å². The number of fused-ring (bicyclic) bond motifs is 1. The van der Waals surface area contributed by atoms with Crippen LogP contribution < -0.4 is 15.5 Å². The molecule has 1 aromatic rings. The molecule has 0 radical (unpaired) electrons. The Morgan fingerprint density at radius 1 is 1.47 bits per heavy atom. The number of amides is 2. The molecule has 1 heterocycles. The predicted molar refractivity (Wildman–Crippen MR) is 76.9 cm³/mol. The first-order valence-electron chi connectivity index (χ1n) is 6.58. The van der Waals surface area contributed by atoms with E-state index in [1.165, 1.54) is 11.3 Å². The number of hydrogen-bond acceptors (Lipinski definition) is 3. The number of rotatable bonds is 4. The first kappa shape index (κ1) is 13.7. The number of methoxy groups -OCH3 is 1. The minimum atomic E-state index is -0.193. The van der Waals surface area contributed by atoms with Crippen LogP contribution in [0.15, 0.2) is 18.2 Å². The number of benzene rings is 1. The topological polar surface area (TPSA) is 53.6 Å². The first-order chi connectivity index (χ1) is 9.20. The fourth-order valence-corrected chi connectivity index (χ4v) is 2.30. The Bertz CT molecular complexity index is 448. The van der Waals surface area contributed by atoms with E-state index >= 15 is 0 Å². The van der Waals surface area contributed by atoms with E-state index in [2.05, 4.69) is 34.7 Å². The molecule has 19 heavy (non-hydrogen) atoms. The van der Waals surface area contributed by atoms with Crippen LogP contribution in [0.1, 0.15) is 12.0 Å². The zero-order valence-corrected chi connectivity index (χ0v) is 11.5. The van der Waals surface area contributed by atoms with Crippen molar-refractivity contribution in [2.45, 2.75) is 12.8 Å². The van der Waals surface area contributed by atoms with Gasteiger partial charge < -0.3 is 20.3 Å². The Labute approximate surface area is 113 Å². The van der Waals surface area contributed by atoms with E-state index in [9.17, 15) is 4.79 Å². The van der Waals surface area contributed by atoms with Gasteiger partial charge in [0.1, 0.15) is 0 Å². The Morgan fingerprint density at radius 3 is 3.11 bits per heavy atom. The molecule has 2 rings (SSSR count). The van der Waals surface area contributed by atoms with Crippen LogP contribution in [0.4, 0.5) is 16.2 Å². The molecule has 0 saturated heterocycles. The molecule has 104 valence electrons. The minimum absolute atomic E-state index is 0.193. The number of aryl methyl sites for hydroxylation is 1. The Kier molecular flexibility index (Phi) is 4.63. The molecule has 0 aliphatic carbocycles. The molecule has 0 atom stereocenters. The Hall–Kier alpha value is -1.75. The van der Waals surface area contributed by atoms with E-state index in [0.717, 1.165) is 25.1 Å². The summed E-state index contributed by atoms with van der Waals surface area (Å²) >= 11 is 0. The van der Waals surface area contributed by atoms with Crippen molar-refractivity contribution in [1.82, 2.24) is 5.32 Å². The van der Waals surface area contributed by atoms with Crippen LogP contribution in [0, 0.1) is 0 Å². The molecular formula is C14H21N3O2. The maximum atomic E-state index is 11.6. The summed E-state index contributed by atoms with van der Waals surface area (Å²) in [5.41, 5.74) is 3.39. The zero-order chi connectivity index (χ0) is 13.7. The smallest absolute Gasteiger partial charge is 0.319 e. The number of nitrogens with one attached hydrogen (secondary N) is 2. The number of hydrogen-bond donors (Lipinski definition) is 2. The van der Waals surface area contributed by atoms with Crippen LogP contribution in [0.3, 0.4) is 0 Å². The second-order valence-corrected chi connectivity index (χ2v) is 4.74. The van der Waals surface area contributed by atoms with Gasteiger partial charge in [0.25, 0.3) is 0 Å². The normalized spacial score (nSPS) is 13.9. The number of carbonyl (C=O) groups is 1. The number of nitrogens with zero attached hydrogens (tertiary/aromatic N) is 1. The second kappa shape index (κ2) is 6.43. The average Bonchev–Trinajstić information content (AvgIpc) is 2.39. The van der Waals surface area contributed by atoms with E-state index in [-0.39, 0.29) is 6.03 Å². The first-order valence-corrected chi connectivity index (χ1v) is 6.58. The van der Waals surface area contributed by atoms with Gasteiger partial charge in [0.15, 0.2) is 0 Å². The molecule has 5 heteroatoms. The Balaban J connectivity index is 1.96. The fraction of sp³-hybridized carbons (Fsp3) is 0.500. The summed E-state index contributed by atoms with van der Waals surface area (Å²) in [5.74, 6) is 0. The predicted octanol–water partition coefficient (Wildman–Crippen LogP) is 1.84. The van der Waals surface area contributed by atoms with Crippen molar-refractivity contribution in [3.05, 3.63) is 23.8 Å². The monoisotopic (exact) mass is 263 g/mol. The van der Waals surface area contributed by atoms with Crippen LogP contribution in [0.5, 0.6) is 0 Å². The Morgan fingerprint density at radius 2 is 2.32 bits per heavy atom. The molecule has 1 aromatic carbocycles. The van der Waals surface area contributed by atoms with Gasteiger partial charge in [0.05, 0.1) is 6.61 Å². The van der Waals surface area contributed by atoms with Crippen molar-refractivity contribution in [3.8, 4) is 0 Å². The lowest BCUT2D eigenvalue weighted by atomic mass is 10.0. The van der Waals surface area contributed by atoms with Crippen LogP contribution >= 0.6 is 0 Å². The van der Waals surface area contributed by atoms with E-state index in [1.807, 2.05) is 6.07 Å². The van der Waals surface area contributed by atoms with Gasteiger partial charge in [-0.05, 0) is 36.6 Å². The highest BCUT2D eigenvalue weighted by molar-refractivity contribution is 5.89. The summed E-state index contributed by atoms with van der Waals surface area (Å²) in [5, 5.41) is 5.58. The van der Waals surface area contributed by atoms with Crippen LogP contribution in [-0.2, 0) is 11.2 Å². The van der Waals surface area contributed by atoms with E-state index in [1.54, 1.807) is 7.11 Å². The van der Waals surface area contributed by atoms with Crippen molar-refractivity contribution in [3.63, 3.8) is 0 Å². The molecule has 0 unspecified atom stereocenters. The van der Waals surface area contributed by atoms with Gasteiger partial charge >= 0.3 is 6.03 Å². The maximum Gasteiger partial charge on any atom is 0.319 e. The average molecular weight is 263 g/mol. The van der Waals surface area contributed by atoms with Gasteiger partial charge in [-0.2, -0.15) is 0 Å². The molecule has 0 saturated carbocycles. The third kappa shape index (κ3) is 3.61. The lowest BCUT2D eigenvalue weighted by Crippen LogP contribution is -2.31. The lowest BCUT2D eigenvalue weighted by molar-refractivity contribution is 0.198. The van der Waals surface area contributed by atoms with E-state index in [4.69, 9.17) is 4.74 Å². The summed E-state index contributed by atoms with van der Waals surface area (Å²) < 4.78 is 4.88. The second-order valence-electron chi connectivity index (χ2n) is 4.74. The molecule has 1 aliphatic heterocycles. The molecule has 2 amide bonds. The van der Waals surface area contributed by atoms with Gasteiger partial charge in [-0.15, -0.1) is 0 Å². The summed E-state index contributed by atoms with van der Waals surface area (Å²) in [6.07, 6.45) is 2.23. The van der Waals surface area contributed by atoms with Gasteiger partial charge in [-0.1, -0.05) is 0 Å². The van der Waals surface area contributed by atoms with Crippen molar-refractivity contribution in [2.75, 3.05) is 44.1 Å². The molecule has 0 fully saturated rings. The number of ether oxygens (including phenoxy) is 1. The highest BCUT2D eigenvalue weighted by atomic mass is 16.5.